The molecule has 1 nitrogen and oxygen atoms in total. The van der Waals surface area contributed by atoms with E-state index in [1.54, 1.807) is 0 Å². The summed E-state index contributed by atoms with van der Waals surface area (Å²) in [5.74, 6) is 2.34. The molecule has 2 heterocycles. The average molecular weight is 355 g/mol. The Bertz CT molecular complexity index is 1310. The molecule has 2 aliphatic rings. The van der Waals surface area contributed by atoms with Gasteiger partial charge in [0.05, 0.1) is 0 Å². The maximum Gasteiger partial charge on any atom is 0.320 e. The van der Waals surface area contributed by atoms with Crippen molar-refractivity contribution < 1.29 is 0 Å². The first-order valence-corrected chi connectivity index (χ1v) is 9.74. The summed E-state index contributed by atoms with van der Waals surface area (Å²) in [4.78, 5) is 2.34. The molecule has 28 heavy (non-hydrogen) atoms. The van der Waals surface area contributed by atoms with Gasteiger partial charge in [-0.15, -0.1) is 0 Å². The van der Waals surface area contributed by atoms with Crippen molar-refractivity contribution in [3.05, 3.63) is 114 Å². The highest BCUT2D eigenvalue weighted by Gasteiger charge is 2.30. The average Bonchev–Trinajstić information content (AvgIpc) is 2.79. The number of benzene rings is 4. The second-order valence-electron chi connectivity index (χ2n) is 7.44. The molecule has 0 fully saturated rings. The van der Waals surface area contributed by atoms with Gasteiger partial charge in [0.15, 0.2) is 0 Å². The lowest BCUT2D eigenvalue weighted by atomic mass is 9.49. The van der Waals surface area contributed by atoms with E-state index in [-0.39, 0.29) is 6.85 Å². The van der Waals surface area contributed by atoms with Gasteiger partial charge in [0.25, 0.3) is 0 Å². The fourth-order valence-corrected chi connectivity index (χ4v) is 4.62. The van der Waals surface area contributed by atoms with E-state index in [4.69, 9.17) is 0 Å². The van der Waals surface area contributed by atoms with Crippen LogP contribution < -0.4 is 5.46 Å². The number of allylic oxidation sites excluding steroid dienone is 2. The standard InChI is InChI=1S/C26H18BN/c1-2-8-19(9-3-1)20-14-16-27-26-24-13-7-6-11-22(24)21-10-4-5-12-23(21)25(26)15-17-28(27)18-20/h1-18H. The van der Waals surface area contributed by atoms with Crippen molar-refractivity contribution in [1.82, 2.24) is 4.81 Å². The summed E-state index contributed by atoms with van der Waals surface area (Å²) in [5, 5.41) is 5.34. The first-order chi connectivity index (χ1) is 13.9. The summed E-state index contributed by atoms with van der Waals surface area (Å²) in [7, 11) is 0. The van der Waals surface area contributed by atoms with Crippen LogP contribution in [0.15, 0.2) is 103 Å². The third-order valence-corrected chi connectivity index (χ3v) is 5.90. The summed E-state index contributed by atoms with van der Waals surface area (Å²) in [6.07, 6.45) is 9.03. The molecule has 0 unspecified atom stereocenters. The Labute approximate surface area is 165 Å². The number of hydrogen-bond donors (Lipinski definition) is 0. The van der Waals surface area contributed by atoms with Crippen LogP contribution in [-0.2, 0) is 0 Å². The van der Waals surface area contributed by atoms with Gasteiger partial charge < -0.3 is 4.81 Å². The van der Waals surface area contributed by atoms with Crippen LogP contribution in [0.25, 0.3) is 33.2 Å². The van der Waals surface area contributed by atoms with Crippen LogP contribution in [0.1, 0.15) is 11.1 Å². The van der Waals surface area contributed by atoms with Gasteiger partial charge in [0, 0.05) is 0 Å². The van der Waals surface area contributed by atoms with Crippen LogP contribution in [0.4, 0.5) is 0 Å². The molecule has 0 saturated carbocycles. The van der Waals surface area contributed by atoms with Crippen molar-refractivity contribution in [2.45, 2.75) is 0 Å². The first-order valence-electron chi connectivity index (χ1n) is 9.74. The van der Waals surface area contributed by atoms with Gasteiger partial charge in [-0.25, -0.2) is 0 Å². The van der Waals surface area contributed by atoms with E-state index in [1.807, 2.05) is 0 Å². The largest absolute Gasteiger partial charge is 0.389 e. The van der Waals surface area contributed by atoms with E-state index in [9.17, 15) is 0 Å². The van der Waals surface area contributed by atoms with Crippen molar-refractivity contribution in [2.24, 2.45) is 0 Å². The van der Waals surface area contributed by atoms with Crippen LogP contribution in [0, 0.1) is 0 Å². The van der Waals surface area contributed by atoms with Crippen molar-refractivity contribution >= 4 is 45.5 Å². The number of hydrogen-bond acceptors (Lipinski definition) is 1. The van der Waals surface area contributed by atoms with Crippen molar-refractivity contribution in [3.63, 3.8) is 0 Å². The summed E-state index contributed by atoms with van der Waals surface area (Å²) < 4.78 is 0. The zero-order valence-corrected chi connectivity index (χ0v) is 15.4. The highest BCUT2D eigenvalue weighted by molar-refractivity contribution is 6.80. The van der Waals surface area contributed by atoms with Crippen molar-refractivity contribution in [2.75, 3.05) is 0 Å². The molecule has 0 spiro atoms. The van der Waals surface area contributed by atoms with E-state index in [2.05, 4.69) is 114 Å². The first kappa shape index (κ1) is 15.5. The fraction of sp³-hybridized carbons (Fsp3) is 0. The summed E-state index contributed by atoms with van der Waals surface area (Å²) in [6.45, 7) is 0.224. The molecule has 0 saturated heterocycles. The van der Waals surface area contributed by atoms with Gasteiger partial charge in [-0.2, -0.15) is 0 Å². The van der Waals surface area contributed by atoms with E-state index in [1.165, 1.54) is 43.7 Å². The Kier molecular flexibility index (Phi) is 3.33. The summed E-state index contributed by atoms with van der Waals surface area (Å²) >= 11 is 0. The minimum Gasteiger partial charge on any atom is -0.389 e. The molecule has 0 amide bonds. The molecule has 2 aliphatic heterocycles. The molecule has 0 bridgehead atoms. The normalized spacial score (nSPS) is 14.9. The Hall–Kier alpha value is -3.52. The third-order valence-electron chi connectivity index (χ3n) is 5.90. The van der Waals surface area contributed by atoms with Gasteiger partial charge in [0.2, 0.25) is 0 Å². The van der Waals surface area contributed by atoms with Crippen LogP contribution in [0.2, 0.25) is 0 Å². The van der Waals surface area contributed by atoms with Crippen molar-refractivity contribution in [1.29, 1.82) is 0 Å². The molecule has 2 heteroatoms. The maximum absolute atomic E-state index is 2.34. The Morgan fingerprint density at radius 1 is 0.607 bits per heavy atom. The molecule has 0 atom stereocenters. The second kappa shape index (κ2) is 6.00. The second-order valence-corrected chi connectivity index (χ2v) is 7.44. The molecule has 0 aliphatic carbocycles. The van der Waals surface area contributed by atoms with Crippen LogP contribution in [0.5, 0.6) is 0 Å². The lowest BCUT2D eigenvalue weighted by Crippen LogP contribution is -2.46. The van der Waals surface area contributed by atoms with E-state index >= 15 is 0 Å². The van der Waals surface area contributed by atoms with Crippen LogP contribution in [0.3, 0.4) is 0 Å². The van der Waals surface area contributed by atoms with E-state index in [0.717, 1.165) is 0 Å². The zero-order valence-electron chi connectivity index (χ0n) is 15.4. The highest BCUT2D eigenvalue weighted by atomic mass is 15.0. The van der Waals surface area contributed by atoms with E-state index < -0.39 is 0 Å². The molecule has 4 aromatic rings. The molecular formula is C26H18BN. The molecule has 130 valence electrons. The van der Waals surface area contributed by atoms with Gasteiger partial charge >= 0.3 is 6.85 Å². The minimum atomic E-state index is 0.224. The summed E-state index contributed by atoms with van der Waals surface area (Å²) in [6, 6.07) is 28.2. The minimum absolute atomic E-state index is 0.224. The predicted octanol–water partition coefficient (Wildman–Crippen LogP) is 5.63. The molecule has 0 radical (unpaired) electrons. The zero-order chi connectivity index (χ0) is 18.5. The number of rotatable bonds is 1. The molecular weight excluding hydrogens is 337 g/mol. The highest BCUT2D eigenvalue weighted by Crippen LogP contribution is 2.33. The van der Waals surface area contributed by atoms with Crippen molar-refractivity contribution in [3.8, 4) is 0 Å². The van der Waals surface area contributed by atoms with Crippen LogP contribution >= 0.6 is 0 Å². The van der Waals surface area contributed by atoms with E-state index in [0.29, 0.717) is 0 Å². The fourth-order valence-electron chi connectivity index (χ4n) is 4.62. The molecule has 4 aromatic carbocycles. The van der Waals surface area contributed by atoms with Gasteiger partial charge in [0.1, 0.15) is 0 Å². The van der Waals surface area contributed by atoms with Gasteiger partial charge in [-0.1, -0.05) is 90.9 Å². The SMILES string of the molecule is C1=CC(c2ccccc2)=CN2C=Cc3c(c4ccccc4c4ccccc34)B12. The molecule has 0 aromatic heterocycles. The van der Waals surface area contributed by atoms with Gasteiger partial charge in [-0.05, 0) is 62.2 Å². The van der Waals surface area contributed by atoms with Crippen LogP contribution in [-0.4, -0.2) is 11.7 Å². The monoisotopic (exact) mass is 355 g/mol. The Morgan fingerprint density at radius 2 is 1.25 bits per heavy atom. The lowest BCUT2D eigenvalue weighted by molar-refractivity contribution is 0.801. The quantitative estimate of drug-likeness (QED) is 0.316. The molecule has 6 rings (SSSR count). The Morgan fingerprint density at radius 3 is 2.04 bits per heavy atom. The predicted molar refractivity (Wildman–Crippen MR) is 121 cm³/mol. The smallest absolute Gasteiger partial charge is 0.320 e. The van der Waals surface area contributed by atoms with Gasteiger partial charge in [-0.3, -0.25) is 0 Å². The lowest BCUT2D eigenvalue weighted by Gasteiger charge is -2.33. The summed E-state index contributed by atoms with van der Waals surface area (Å²) in [5.41, 5.74) is 5.24. The third kappa shape index (κ3) is 2.21. The topological polar surface area (TPSA) is 3.24 Å². The number of nitrogens with zero attached hydrogens (tertiary/aromatic N) is 1. The Balaban J connectivity index is 1.59. The number of fused-ring (bicyclic) bond motifs is 8. The maximum atomic E-state index is 2.34. The molecule has 0 N–H and O–H groups in total.